The zero-order valence-corrected chi connectivity index (χ0v) is 6.36. The second-order valence-electron chi connectivity index (χ2n) is 2.55. The summed E-state index contributed by atoms with van der Waals surface area (Å²) in [7, 11) is 2.02. The van der Waals surface area contributed by atoms with Crippen LogP contribution in [0.25, 0.3) is 0 Å². The number of hydrogen-bond donors (Lipinski definition) is 1. The zero-order chi connectivity index (χ0) is 6.57. The van der Waals surface area contributed by atoms with E-state index in [1.807, 2.05) is 7.05 Å². The molecule has 0 bridgehead atoms. The van der Waals surface area contributed by atoms with E-state index < -0.39 is 0 Å². The van der Waals surface area contributed by atoms with E-state index in [1.54, 1.807) is 0 Å². The highest BCUT2D eigenvalue weighted by Crippen LogP contribution is 2.03. The molecule has 0 heterocycles. The predicted molar refractivity (Wildman–Crippen MR) is 38.0 cm³/mol. The smallest absolute Gasteiger partial charge is 0.00844 e. The average molecular weight is 115 g/mol. The van der Waals surface area contributed by atoms with Gasteiger partial charge in [0.2, 0.25) is 0 Å². The van der Waals surface area contributed by atoms with Crippen LogP contribution in [-0.2, 0) is 0 Å². The highest BCUT2D eigenvalue weighted by molar-refractivity contribution is 4.64. The maximum atomic E-state index is 3.25. The Morgan fingerprint density at radius 2 is 1.88 bits per heavy atom. The first-order valence-electron chi connectivity index (χ1n) is 3.39. The van der Waals surface area contributed by atoms with Crippen LogP contribution >= 0.6 is 0 Å². The highest BCUT2D eigenvalue weighted by Gasteiger charge is 2.05. The third-order valence-corrected chi connectivity index (χ3v) is 1.62. The molecule has 0 spiro atoms. The van der Waals surface area contributed by atoms with Crippen LogP contribution in [-0.4, -0.2) is 13.1 Å². The van der Waals surface area contributed by atoms with Gasteiger partial charge in [0.15, 0.2) is 0 Å². The maximum Gasteiger partial charge on any atom is 0.00844 e. The van der Waals surface area contributed by atoms with Gasteiger partial charge in [0.05, 0.1) is 0 Å². The lowest BCUT2D eigenvalue weighted by Crippen LogP contribution is -2.29. The predicted octanol–water partition coefficient (Wildman–Crippen LogP) is 1.64. The lowest BCUT2D eigenvalue weighted by molar-refractivity contribution is 0.416. The molecule has 0 rings (SSSR count). The molecule has 0 aromatic carbocycles. The lowest BCUT2D eigenvalue weighted by atomic mass is 10.0. The summed E-state index contributed by atoms with van der Waals surface area (Å²) in [6.45, 7) is 6.69. The monoisotopic (exact) mass is 115 g/mol. The summed E-state index contributed by atoms with van der Waals surface area (Å²) >= 11 is 0. The van der Waals surface area contributed by atoms with E-state index in [9.17, 15) is 0 Å². The van der Waals surface area contributed by atoms with Crippen molar-refractivity contribution in [2.24, 2.45) is 5.92 Å². The van der Waals surface area contributed by atoms with Gasteiger partial charge in [-0.25, -0.2) is 0 Å². The summed E-state index contributed by atoms with van der Waals surface area (Å²) in [5.74, 6) is 0.769. The Hall–Kier alpha value is -0.0400. The van der Waals surface area contributed by atoms with Crippen molar-refractivity contribution < 1.29 is 0 Å². The van der Waals surface area contributed by atoms with Crippen LogP contribution in [0.3, 0.4) is 0 Å². The van der Waals surface area contributed by atoms with Crippen LogP contribution in [0.4, 0.5) is 0 Å². The Labute approximate surface area is 52.5 Å². The summed E-state index contributed by atoms with van der Waals surface area (Å²) in [4.78, 5) is 0. The van der Waals surface area contributed by atoms with Crippen LogP contribution in [0.1, 0.15) is 27.2 Å². The summed E-state index contributed by atoms with van der Waals surface area (Å²) in [6.07, 6.45) is 1.23. The van der Waals surface area contributed by atoms with Gasteiger partial charge in [-0.05, 0) is 19.4 Å². The number of rotatable bonds is 3. The highest BCUT2D eigenvalue weighted by atomic mass is 14.9. The molecular formula is C7H17N. The van der Waals surface area contributed by atoms with Crippen molar-refractivity contribution in [3.05, 3.63) is 0 Å². The van der Waals surface area contributed by atoms with E-state index in [-0.39, 0.29) is 0 Å². The van der Waals surface area contributed by atoms with Crippen molar-refractivity contribution in [1.29, 1.82) is 0 Å². The lowest BCUT2D eigenvalue weighted by Gasteiger charge is -2.16. The second kappa shape index (κ2) is 3.90. The Morgan fingerprint density at radius 3 is 1.88 bits per heavy atom. The molecular weight excluding hydrogens is 98.1 g/mol. The molecule has 0 saturated carbocycles. The van der Waals surface area contributed by atoms with Gasteiger partial charge < -0.3 is 5.32 Å². The minimum Gasteiger partial charge on any atom is -0.317 e. The minimum absolute atomic E-state index is 0.704. The fourth-order valence-electron chi connectivity index (χ4n) is 1.01. The van der Waals surface area contributed by atoms with E-state index in [0.29, 0.717) is 6.04 Å². The summed E-state index contributed by atoms with van der Waals surface area (Å²) in [5.41, 5.74) is 0. The Balaban J connectivity index is 3.35. The molecule has 0 radical (unpaired) electrons. The second-order valence-corrected chi connectivity index (χ2v) is 2.55. The minimum atomic E-state index is 0.704. The Morgan fingerprint density at radius 1 is 1.38 bits per heavy atom. The standard InChI is InChI=1S/C7H17N/c1-5-7(8-4)6(2)3/h6-8H,5H2,1-4H3/t7-/m0/s1. The topological polar surface area (TPSA) is 12.0 Å². The van der Waals surface area contributed by atoms with Gasteiger partial charge >= 0.3 is 0 Å². The molecule has 8 heavy (non-hydrogen) atoms. The van der Waals surface area contributed by atoms with E-state index in [0.717, 1.165) is 5.92 Å². The van der Waals surface area contributed by atoms with Crippen molar-refractivity contribution in [2.75, 3.05) is 7.05 Å². The molecule has 0 aromatic heterocycles. The van der Waals surface area contributed by atoms with Gasteiger partial charge in [0.1, 0.15) is 0 Å². The summed E-state index contributed by atoms with van der Waals surface area (Å²) in [5, 5.41) is 3.25. The van der Waals surface area contributed by atoms with Gasteiger partial charge in [-0.1, -0.05) is 20.8 Å². The molecule has 1 heteroatoms. The van der Waals surface area contributed by atoms with Crippen LogP contribution in [0, 0.1) is 5.92 Å². The van der Waals surface area contributed by atoms with Crippen molar-refractivity contribution in [3.63, 3.8) is 0 Å². The van der Waals surface area contributed by atoms with Crippen LogP contribution in [0.15, 0.2) is 0 Å². The quantitative estimate of drug-likeness (QED) is 0.589. The fraction of sp³-hybridized carbons (Fsp3) is 1.00. The zero-order valence-electron chi connectivity index (χ0n) is 6.36. The van der Waals surface area contributed by atoms with E-state index in [4.69, 9.17) is 0 Å². The van der Waals surface area contributed by atoms with E-state index >= 15 is 0 Å². The molecule has 1 atom stereocenters. The first kappa shape index (κ1) is 7.96. The van der Waals surface area contributed by atoms with Gasteiger partial charge in [-0.3, -0.25) is 0 Å². The molecule has 1 nitrogen and oxygen atoms in total. The first-order valence-corrected chi connectivity index (χ1v) is 3.39. The van der Waals surface area contributed by atoms with Crippen molar-refractivity contribution in [1.82, 2.24) is 5.32 Å². The molecule has 0 saturated heterocycles. The molecule has 50 valence electrons. The van der Waals surface area contributed by atoms with Gasteiger partial charge in [-0.15, -0.1) is 0 Å². The first-order chi connectivity index (χ1) is 3.72. The largest absolute Gasteiger partial charge is 0.317 e. The molecule has 0 unspecified atom stereocenters. The van der Waals surface area contributed by atoms with Crippen molar-refractivity contribution in [3.8, 4) is 0 Å². The Kier molecular flexibility index (Phi) is 3.88. The molecule has 0 aliphatic heterocycles. The van der Waals surface area contributed by atoms with Crippen LogP contribution < -0.4 is 5.32 Å². The third kappa shape index (κ3) is 2.31. The molecule has 0 amide bonds. The summed E-state index contributed by atoms with van der Waals surface area (Å²) in [6, 6.07) is 0.704. The van der Waals surface area contributed by atoms with Gasteiger partial charge in [0.25, 0.3) is 0 Å². The number of nitrogens with one attached hydrogen (secondary N) is 1. The fourth-order valence-corrected chi connectivity index (χ4v) is 1.01. The molecule has 0 aliphatic carbocycles. The number of hydrogen-bond acceptors (Lipinski definition) is 1. The third-order valence-electron chi connectivity index (χ3n) is 1.62. The maximum absolute atomic E-state index is 3.25. The average Bonchev–Trinajstić information content (AvgIpc) is 1.69. The molecule has 0 aromatic rings. The SMILES string of the molecule is CC[C@H](NC)C(C)C. The molecule has 0 fully saturated rings. The van der Waals surface area contributed by atoms with Gasteiger partial charge in [-0.2, -0.15) is 0 Å². The van der Waals surface area contributed by atoms with Crippen molar-refractivity contribution >= 4 is 0 Å². The normalized spacial score (nSPS) is 14.6. The van der Waals surface area contributed by atoms with Gasteiger partial charge in [0, 0.05) is 6.04 Å². The van der Waals surface area contributed by atoms with E-state index in [1.165, 1.54) is 6.42 Å². The summed E-state index contributed by atoms with van der Waals surface area (Å²) < 4.78 is 0. The molecule has 0 aliphatic rings. The van der Waals surface area contributed by atoms with Crippen LogP contribution in [0.2, 0.25) is 0 Å². The van der Waals surface area contributed by atoms with E-state index in [2.05, 4.69) is 26.1 Å². The van der Waals surface area contributed by atoms with Crippen LogP contribution in [0.5, 0.6) is 0 Å². The molecule has 1 N–H and O–H groups in total. The van der Waals surface area contributed by atoms with Crippen molar-refractivity contribution in [2.45, 2.75) is 33.2 Å². The Bertz CT molecular complexity index is 46.3.